The van der Waals surface area contributed by atoms with E-state index >= 15 is 0 Å². The summed E-state index contributed by atoms with van der Waals surface area (Å²) in [6.45, 7) is 2.09. The first-order valence-corrected chi connectivity index (χ1v) is 8.63. The van der Waals surface area contributed by atoms with Crippen LogP contribution in [0.2, 0.25) is 0 Å². The molecule has 0 spiro atoms. The molecule has 0 aliphatic heterocycles. The Morgan fingerprint density at radius 2 is 1.70 bits per heavy atom. The van der Waals surface area contributed by atoms with E-state index in [9.17, 15) is 0 Å². The number of hydrogen-bond donors (Lipinski definition) is 0. The highest BCUT2D eigenvalue weighted by Gasteiger charge is 2.17. The Morgan fingerprint density at radius 3 is 2.39 bits per heavy atom. The van der Waals surface area contributed by atoms with Gasteiger partial charge in [-0.25, -0.2) is 14.2 Å². The maximum Gasteiger partial charge on any atom is 0.252 e. The first-order valence-electron chi connectivity index (χ1n) is 7.41. The molecule has 4 aromatic rings. The number of aromatic nitrogens is 4. The van der Waals surface area contributed by atoms with E-state index in [-0.39, 0.29) is 0 Å². The fourth-order valence-electron chi connectivity index (χ4n) is 2.68. The first-order chi connectivity index (χ1) is 11.3. The molecule has 2 heterocycles. The number of imidazole rings is 1. The van der Waals surface area contributed by atoms with Crippen LogP contribution in [0.1, 0.15) is 5.56 Å². The number of benzene rings is 2. The lowest BCUT2D eigenvalue weighted by Crippen LogP contribution is -2.05. The summed E-state index contributed by atoms with van der Waals surface area (Å²) in [5.74, 6) is 0.716. The van der Waals surface area contributed by atoms with Crippen LogP contribution in [0.5, 0.6) is 0 Å². The Bertz CT molecular complexity index is 952. The lowest BCUT2D eigenvalue weighted by atomic mass is 10.2. The molecule has 4 rings (SSSR count). The van der Waals surface area contributed by atoms with E-state index in [0.29, 0.717) is 5.78 Å². The second kappa shape index (κ2) is 5.59. The van der Waals surface area contributed by atoms with E-state index in [1.165, 1.54) is 5.56 Å². The third-order valence-electron chi connectivity index (χ3n) is 3.83. The van der Waals surface area contributed by atoms with Crippen molar-refractivity contribution in [1.82, 2.24) is 19.2 Å². The Labute approximate surface area is 138 Å². The molecule has 0 aliphatic carbocycles. The molecule has 0 radical (unpaired) electrons. The van der Waals surface area contributed by atoms with Gasteiger partial charge in [0.25, 0.3) is 5.78 Å². The zero-order valence-corrected chi connectivity index (χ0v) is 13.8. The molecule has 0 amide bonds. The average Bonchev–Trinajstić information content (AvgIpc) is 3.15. The molecule has 2 aromatic heterocycles. The van der Waals surface area contributed by atoms with Crippen LogP contribution in [0.4, 0.5) is 0 Å². The molecular formula is C18H16N4S. The van der Waals surface area contributed by atoms with Gasteiger partial charge in [0, 0.05) is 5.56 Å². The largest absolute Gasteiger partial charge is 0.252 e. The number of rotatable bonds is 3. The van der Waals surface area contributed by atoms with Gasteiger partial charge in [-0.3, -0.25) is 0 Å². The number of fused-ring (bicyclic) bond motifs is 1. The second-order valence-electron chi connectivity index (χ2n) is 5.37. The van der Waals surface area contributed by atoms with Gasteiger partial charge in [0.05, 0.1) is 17.6 Å². The van der Waals surface area contributed by atoms with Crippen LogP contribution < -0.4 is 0 Å². The van der Waals surface area contributed by atoms with Crippen LogP contribution in [-0.4, -0.2) is 25.4 Å². The van der Waals surface area contributed by atoms with Gasteiger partial charge in [-0.05, 0) is 25.3 Å². The van der Waals surface area contributed by atoms with Crippen molar-refractivity contribution in [3.63, 3.8) is 0 Å². The SMILES string of the molecule is CSc1nc2ncc(-c3ccccc3)n2n1-c1ccc(C)cc1. The highest BCUT2D eigenvalue weighted by atomic mass is 32.2. The highest BCUT2D eigenvalue weighted by molar-refractivity contribution is 7.98. The van der Waals surface area contributed by atoms with E-state index < -0.39 is 0 Å². The zero-order chi connectivity index (χ0) is 15.8. The quantitative estimate of drug-likeness (QED) is 0.530. The molecule has 0 fully saturated rings. The summed E-state index contributed by atoms with van der Waals surface area (Å²) in [5.41, 5.74) is 4.48. The van der Waals surface area contributed by atoms with Gasteiger partial charge in [-0.1, -0.05) is 59.8 Å². The molecule has 23 heavy (non-hydrogen) atoms. The van der Waals surface area contributed by atoms with E-state index in [2.05, 4.69) is 62.5 Å². The molecule has 114 valence electrons. The summed E-state index contributed by atoms with van der Waals surface area (Å²) in [6.07, 6.45) is 3.92. The Morgan fingerprint density at radius 1 is 0.957 bits per heavy atom. The van der Waals surface area contributed by atoms with Crippen LogP contribution in [-0.2, 0) is 0 Å². The van der Waals surface area contributed by atoms with Crippen molar-refractivity contribution >= 4 is 17.5 Å². The molecule has 0 saturated carbocycles. The number of hydrogen-bond acceptors (Lipinski definition) is 3. The molecule has 0 unspecified atom stereocenters. The third-order valence-corrected chi connectivity index (χ3v) is 4.46. The Balaban J connectivity index is 2.01. The maximum atomic E-state index is 4.65. The standard InChI is InChI=1S/C18H16N4S/c1-13-8-10-15(11-9-13)21-18(23-2)20-17-19-12-16(22(17)21)14-6-4-3-5-7-14/h3-12H,1-2H3. The molecule has 2 aromatic carbocycles. The molecule has 0 aliphatic rings. The van der Waals surface area contributed by atoms with Crippen molar-refractivity contribution in [3.8, 4) is 16.9 Å². The monoisotopic (exact) mass is 320 g/mol. The van der Waals surface area contributed by atoms with Crippen LogP contribution in [0.25, 0.3) is 22.7 Å². The molecule has 0 bridgehead atoms. The third kappa shape index (κ3) is 2.33. The van der Waals surface area contributed by atoms with Crippen LogP contribution in [0.15, 0.2) is 66.0 Å². The minimum Gasteiger partial charge on any atom is -0.222 e. The van der Waals surface area contributed by atoms with Crippen molar-refractivity contribution in [2.24, 2.45) is 0 Å². The molecular weight excluding hydrogens is 304 g/mol. The first kappa shape index (κ1) is 14.1. The predicted molar refractivity (Wildman–Crippen MR) is 94.3 cm³/mol. The van der Waals surface area contributed by atoms with Crippen molar-refractivity contribution in [1.29, 1.82) is 0 Å². The minimum atomic E-state index is 0.716. The van der Waals surface area contributed by atoms with E-state index in [1.807, 2.05) is 30.7 Å². The van der Waals surface area contributed by atoms with Crippen LogP contribution in [0, 0.1) is 6.92 Å². The fourth-order valence-corrected chi connectivity index (χ4v) is 3.21. The Kier molecular flexibility index (Phi) is 3.42. The van der Waals surface area contributed by atoms with Crippen LogP contribution >= 0.6 is 11.8 Å². The van der Waals surface area contributed by atoms with E-state index in [4.69, 9.17) is 0 Å². The van der Waals surface area contributed by atoms with Gasteiger partial charge in [0.1, 0.15) is 0 Å². The van der Waals surface area contributed by atoms with E-state index in [1.54, 1.807) is 11.8 Å². The highest BCUT2D eigenvalue weighted by Crippen LogP contribution is 2.26. The predicted octanol–water partition coefficient (Wildman–Crippen LogP) is 4.22. The van der Waals surface area contributed by atoms with Gasteiger partial charge in [-0.2, -0.15) is 4.98 Å². The zero-order valence-electron chi connectivity index (χ0n) is 13.0. The average molecular weight is 320 g/mol. The summed E-state index contributed by atoms with van der Waals surface area (Å²) in [7, 11) is 0. The van der Waals surface area contributed by atoms with Gasteiger partial charge >= 0.3 is 0 Å². The lowest BCUT2D eigenvalue weighted by Gasteiger charge is -2.10. The molecule has 4 nitrogen and oxygen atoms in total. The Hall–Kier alpha value is -2.53. The van der Waals surface area contributed by atoms with Gasteiger partial charge < -0.3 is 0 Å². The van der Waals surface area contributed by atoms with Gasteiger partial charge in [0.2, 0.25) is 0 Å². The molecule has 0 atom stereocenters. The molecule has 5 heteroatoms. The number of thioether (sulfide) groups is 1. The minimum absolute atomic E-state index is 0.716. The van der Waals surface area contributed by atoms with Crippen molar-refractivity contribution < 1.29 is 0 Å². The normalized spacial score (nSPS) is 11.2. The van der Waals surface area contributed by atoms with Crippen molar-refractivity contribution in [2.75, 3.05) is 6.26 Å². The van der Waals surface area contributed by atoms with Gasteiger partial charge in [0.15, 0.2) is 5.16 Å². The van der Waals surface area contributed by atoms with Crippen molar-refractivity contribution in [3.05, 3.63) is 66.4 Å². The number of nitrogens with zero attached hydrogens (tertiary/aromatic N) is 4. The van der Waals surface area contributed by atoms with Crippen molar-refractivity contribution in [2.45, 2.75) is 12.1 Å². The number of aryl methyl sites for hydroxylation is 1. The fraction of sp³-hybridized carbons (Fsp3) is 0.111. The molecule has 0 N–H and O–H groups in total. The molecule has 0 saturated heterocycles. The second-order valence-corrected chi connectivity index (χ2v) is 6.14. The van der Waals surface area contributed by atoms with Crippen LogP contribution in [0.3, 0.4) is 0 Å². The maximum absolute atomic E-state index is 4.65. The van der Waals surface area contributed by atoms with Gasteiger partial charge in [-0.15, -0.1) is 0 Å². The topological polar surface area (TPSA) is 35.1 Å². The smallest absolute Gasteiger partial charge is 0.222 e. The summed E-state index contributed by atoms with van der Waals surface area (Å²) in [4.78, 5) is 9.14. The summed E-state index contributed by atoms with van der Waals surface area (Å²) < 4.78 is 4.20. The van der Waals surface area contributed by atoms with E-state index in [0.717, 1.165) is 22.1 Å². The lowest BCUT2D eigenvalue weighted by molar-refractivity contribution is 0.732. The summed E-state index contributed by atoms with van der Waals surface area (Å²) in [6, 6.07) is 18.7. The summed E-state index contributed by atoms with van der Waals surface area (Å²) >= 11 is 1.62. The summed E-state index contributed by atoms with van der Waals surface area (Å²) in [5, 5.41) is 0.925.